The molecule has 1 unspecified atom stereocenters. The van der Waals surface area contributed by atoms with Crippen molar-refractivity contribution in [2.24, 2.45) is 5.92 Å². The predicted molar refractivity (Wildman–Crippen MR) is 85.7 cm³/mol. The van der Waals surface area contributed by atoms with Crippen LogP contribution in [-0.2, 0) is 16.6 Å². The van der Waals surface area contributed by atoms with Crippen LogP contribution in [0.15, 0.2) is 12.1 Å². The van der Waals surface area contributed by atoms with Crippen molar-refractivity contribution < 1.29 is 19.3 Å². The second-order valence-electron chi connectivity index (χ2n) is 7.52. The number of ketones is 1. The van der Waals surface area contributed by atoms with Gasteiger partial charge in [0, 0.05) is 30.7 Å². The highest BCUT2D eigenvalue weighted by molar-refractivity contribution is 5.89. The fourth-order valence-corrected chi connectivity index (χ4v) is 5.68. The number of benzene rings is 1. The van der Waals surface area contributed by atoms with Crippen LogP contribution < -0.4 is 4.74 Å². The third kappa shape index (κ3) is 1.58. The van der Waals surface area contributed by atoms with Gasteiger partial charge < -0.3 is 19.7 Å². The van der Waals surface area contributed by atoms with Crippen LogP contribution in [0.3, 0.4) is 0 Å². The molecule has 1 aromatic carbocycles. The number of aromatic hydroxyl groups is 1. The molecule has 2 heterocycles. The van der Waals surface area contributed by atoms with Crippen molar-refractivity contribution >= 4 is 18.2 Å². The monoisotopic (exact) mass is 337 g/mol. The Hall–Kier alpha value is -1.30. The lowest BCUT2D eigenvalue weighted by Gasteiger charge is -2.62. The van der Waals surface area contributed by atoms with Crippen molar-refractivity contribution in [3.05, 3.63) is 28.5 Å². The van der Waals surface area contributed by atoms with Crippen LogP contribution in [0.5, 0.6) is 11.5 Å². The molecule has 1 spiro atoms. The number of rotatable bonds is 0. The van der Waals surface area contributed by atoms with Crippen LogP contribution in [-0.4, -0.2) is 41.3 Å². The van der Waals surface area contributed by atoms with E-state index in [-0.39, 0.29) is 46.0 Å². The molecule has 0 radical (unpaired) electrons. The number of ether oxygens (including phenoxy) is 1. The number of halogens is 1. The van der Waals surface area contributed by atoms with E-state index in [1.165, 1.54) is 0 Å². The van der Waals surface area contributed by atoms with Gasteiger partial charge in [-0.25, -0.2) is 0 Å². The molecule has 2 fully saturated rings. The maximum Gasteiger partial charge on any atom is 0.174 e. The van der Waals surface area contributed by atoms with E-state index in [0.717, 1.165) is 24.0 Å². The molecule has 2 aliphatic heterocycles. The summed E-state index contributed by atoms with van der Waals surface area (Å²) in [6.45, 7) is 0.517. The fraction of sp³-hybridized carbons (Fsp3) is 0.588. The first-order chi connectivity index (χ1) is 10.4. The Balaban J connectivity index is 0.00000135. The van der Waals surface area contributed by atoms with Crippen LogP contribution in [0, 0.1) is 11.1 Å². The number of likely N-dealkylation sites (tertiary alicyclic amines) is 1. The Bertz CT molecular complexity index is 719. The third-order valence-electron chi connectivity index (χ3n) is 6.61. The normalized spacial score (nSPS) is 42.5. The van der Waals surface area contributed by atoms with Gasteiger partial charge in [-0.2, -0.15) is 0 Å². The third-order valence-corrected chi connectivity index (χ3v) is 6.61. The highest BCUT2D eigenvalue weighted by Crippen LogP contribution is 2.63. The van der Waals surface area contributed by atoms with Crippen molar-refractivity contribution in [2.45, 2.75) is 43.2 Å². The molecule has 0 aromatic heterocycles. The second kappa shape index (κ2) is 4.41. The number of hydroxylamine groups is 3. The molecule has 6 heteroatoms. The number of nitrogens with zero attached hydrogens (tertiary/aromatic N) is 1. The SMILES string of the molecule is C[N+]1([O-])CC[C@]23c4c5ccc(O)c4O[C@H]2C(=O)CC[C@H]3[C@H]1C5.Cl. The van der Waals surface area contributed by atoms with E-state index in [1.807, 2.05) is 6.07 Å². The number of likely N-dealkylation sites (N-methyl/N-ethyl adjacent to an activating group) is 1. The van der Waals surface area contributed by atoms with Crippen molar-refractivity contribution in [1.82, 2.24) is 0 Å². The van der Waals surface area contributed by atoms with Gasteiger partial charge in [-0.05, 0) is 18.1 Å². The first-order valence-electron chi connectivity index (χ1n) is 8.06. The standard InChI is InChI=1S/C17H19NO4.ClH/c1-18(21)7-6-17-10-3-5-13(20)16(17)22-15-12(19)4-2-9(14(15)17)8-11(10)18;/h2,4,10-11,16,19H,3,5-8H2,1H3;1H/t10-,11+,16-,17-,18?;/m0./s1. The number of carbonyl (C=O) groups is 1. The van der Waals surface area contributed by atoms with Gasteiger partial charge in [0.2, 0.25) is 0 Å². The molecule has 1 aromatic rings. The number of Topliss-reactive ketones (excluding diaryl/α,β-unsaturated/α-hetero) is 1. The smallest absolute Gasteiger partial charge is 0.174 e. The molecule has 4 aliphatic rings. The van der Waals surface area contributed by atoms with Gasteiger partial charge in [0.1, 0.15) is 0 Å². The van der Waals surface area contributed by atoms with E-state index in [0.29, 0.717) is 25.1 Å². The summed E-state index contributed by atoms with van der Waals surface area (Å²) in [5.41, 5.74) is 1.75. The molecule has 2 bridgehead atoms. The van der Waals surface area contributed by atoms with E-state index < -0.39 is 6.10 Å². The predicted octanol–water partition coefficient (Wildman–Crippen LogP) is 2.06. The number of carbonyl (C=O) groups excluding carboxylic acids is 1. The maximum atomic E-state index is 13.0. The summed E-state index contributed by atoms with van der Waals surface area (Å²) < 4.78 is 5.76. The lowest BCUT2D eigenvalue weighted by atomic mass is 9.51. The Morgan fingerprint density at radius 2 is 2.22 bits per heavy atom. The van der Waals surface area contributed by atoms with Gasteiger partial charge in [-0.1, -0.05) is 6.07 Å². The minimum absolute atomic E-state index is 0. The van der Waals surface area contributed by atoms with Gasteiger partial charge in [-0.15, -0.1) is 12.4 Å². The van der Waals surface area contributed by atoms with Crippen molar-refractivity contribution in [2.75, 3.05) is 13.6 Å². The average molecular weight is 338 g/mol. The van der Waals surface area contributed by atoms with Crippen molar-refractivity contribution in [3.63, 3.8) is 0 Å². The summed E-state index contributed by atoms with van der Waals surface area (Å²) in [4.78, 5) is 12.5. The van der Waals surface area contributed by atoms with Gasteiger partial charge in [0.05, 0.1) is 25.0 Å². The number of quaternary nitrogens is 1. The quantitative estimate of drug-likeness (QED) is 0.581. The molecule has 0 amide bonds. The average Bonchev–Trinajstić information content (AvgIpc) is 2.84. The largest absolute Gasteiger partial charge is 0.633 e. The molecule has 23 heavy (non-hydrogen) atoms. The lowest BCUT2D eigenvalue weighted by molar-refractivity contribution is -0.899. The van der Waals surface area contributed by atoms with E-state index in [1.54, 1.807) is 13.1 Å². The van der Waals surface area contributed by atoms with Crippen LogP contribution in [0.25, 0.3) is 0 Å². The van der Waals surface area contributed by atoms with E-state index >= 15 is 0 Å². The molecular weight excluding hydrogens is 318 g/mol. The summed E-state index contributed by atoms with van der Waals surface area (Å²) >= 11 is 0. The number of hydrogen-bond donors (Lipinski definition) is 1. The molecule has 2 aliphatic carbocycles. The summed E-state index contributed by atoms with van der Waals surface area (Å²) in [5, 5.41) is 23.2. The Morgan fingerprint density at radius 3 is 3.00 bits per heavy atom. The summed E-state index contributed by atoms with van der Waals surface area (Å²) in [6.07, 6.45) is 2.15. The second-order valence-corrected chi connectivity index (χ2v) is 7.52. The molecule has 1 N–H and O–H groups in total. The highest BCUT2D eigenvalue weighted by Gasteiger charge is 2.68. The number of hydrogen-bond acceptors (Lipinski definition) is 4. The van der Waals surface area contributed by atoms with Crippen LogP contribution in [0.2, 0.25) is 0 Å². The van der Waals surface area contributed by atoms with E-state index in [9.17, 15) is 15.1 Å². The van der Waals surface area contributed by atoms with Crippen LogP contribution in [0.4, 0.5) is 0 Å². The number of phenols is 1. The first kappa shape index (κ1) is 15.2. The fourth-order valence-electron chi connectivity index (χ4n) is 5.68. The minimum atomic E-state index is -0.503. The van der Waals surface area contributed by atoms with Gasteiger partial charge >= 0.3 is 0 Å². The molecule has 124 valence electrons. The number of phenolic OH excluding ortho intramolecular Hbond substituents is 1. The zero-order valence-electron chi connectivity index (χ0n) is 12.9. The number of piperidine rings is 1. The van der Waals surface area contributed by atoms with Gasteiger partial charge in [0.15, 0.2) is 23.4 Å². The Labute approximate surface area is 140 Å². The van der Waals surface area contributed by atoms with E-state index in [4.69, 9.17) is 4.74 Å². The van der Waals surface area contributed by atoms with Crippen LogP contribution >= 0.6 is 12.4 Å². The first-order valence-corrected chi connectivity index (χ1v) is 8.06. The summed E-state index contributed by atoms with van der Waals surface area (Å²) in [5.74, 6) is 0.933. The summed E-state index contributed by atoms with van der Waals surface area (Å²) in [7, 11) is 1.77. The summed E-state index contributed by atoms with van der Waals surface area (Å²) in [6, 6.07) is 3.54. The highest BCUT2D eigenvalue weighted by atomic mass is 35.5. The zero-order valence-corrected chi connectivity index (χ0v) is 13.8. The van der Waals surface area contributed by atoms with Gasteiger partial charge in [0.25, 0.3) is 0 Å². The minimum Gasteiger partial charge on any atom is -0.633 e. The zero-order chi connectivity index (χ0) is 15.3. The molecule has 5 atom stereocenters. The Morgan fingerprint density at radius 1 is 1.43 bits per heavy atom. The van der Waals surface area contributed by atoms with Crippen molar-refractivity contribution in [3.8, 4) is 11.5 Å². The Kier molecular flexibility index (Phi) is 2.92. The topological polar surface area (TPSA) is 69.6 Å². The van der Waals surface area contributed by atoms with Gasteiger partial charge in [-0.3, -0.25) is 4.79 Å². The lowest BCUT2D eigenvalue weighted by Crippen LogP contribution is -2.70. The maximum absolute atomic E-state index is 13.0. The molecule has 1 saturated carbocycles. The molecule has 5 nitrogen and oxygen atoms in total. The molecule has 5 rings (SSSR count). The molecule has 1 saturated heterocycles. The van der Waals surface area contributed by atoms with Crippen molar-refractivity contribution in [1.29, 1.82) is 0 Å². The van der Waals surface area contributed by atoms with E-state index in [2.05, 4.69) is 0 Å². The van der Waals surface area contributed by atoms with Crippen LogP contribution in [0.1, 0.15) is 30.4 Å². The molecular formula is C17H20ClNO4.